The van der Waals surface area contributed by atoms with E-state index in [9.17, 15) is 0 Å². The zero-order valence-electron chi connectivity index (χ0n) is 13.3. The van der Waals surface area contributed by atoms with Crippen molar-refractivity contribution in [2.45, 2.75) is 13.0 Å². The summed E-state index contributed by atoms with van der Waals surface area (Å²) in [5.74, 6) is 2.71. The fourth-order valence-corrected chi connectivity index (χ4v) is 2.71. The normalized spacial score (nSPS) is 17.9. The minimum atomic E-state index is -0.216. The lowest BCUT2D eigenvalue weighted by molar-refractivity contribution is 0.0323. The lowest BCUT2D eigenvalue weighted by Crippen LogP contribution is -2.39. The Bertz CT molecular complexity index is 821. The van der Waals surface area contributed by atoms with Crippen LogP contribution in [0, 0.1) is 6.92 Å². The first-order chi connectivity index (χ1) is 11.8. The van der Waals surface area contributed by atoms with Crippen molar-refractivity contribution in [1.29, 1.82) is 0 Å². The molecule has 1 atom stereocenters. The minimum Gasteiger partial charge on any atom is -0.366 e. The molecule has 0 amide bonds. The van der Waals surface area contributed by atoms with E-state index >= 15 is 0 Å². The molecule has 0 aliphatic carbocycles. The molecule has 1 aliphatic heterocycles. The molecule has 4 rings (SSSR count). The monoisotopic (exact) mass is 323 g/mol. The van der Waals surface area contributed by atoms with Crippen molar-refractivity contribution >= 4 is 5.82 Å². The summed E-state index contributed by atoms with van der Waals surface area (Å²) in [6, 6.07) is 11.9. The molecular formula is C17H17N5O2. The van der Waals surface area contributed by atoms with Gasteiger partial charge in [0.05, 0.1) is 13.2 Å². The number of ether oxygens (including phenoxy) is 1. The van der Waals surface area contributed by atoms with Crippen LogP contribution in [0.2, 0.25) is 0 Å². The lowest BCUT2D eigenvalue weighted by atomic mass is 10.2. The molecule has 1 saturated heterocycles. The highest BCUT2D eigenvalue weighted by molar-refractivity contribution is 5.57. The van der Waals surface area contributed by atoms with Crippen LogP contribution >= 0.6 is 0 Å². The fourth-order valence-electron chi connectivity index (χ4n) is 2.71. The van der Waals surface area contributed by atoms with Crippen LogP contribution in [0.15, 0.2) is 47.1 Å². The molecule has 0 unspecified atom stereocenters. The first-order valence-electron chi connectivity index (χ1n) is 7.85. The van der Waals surface area contributed by atoms with Crippen molar-refractivity contribution < 1.29 is 9.26 Å². The van der Waals surface area contributed by atoms with Crippen LogP contribution in [-0.4, -0.2) is 39.8 Å². The third kappa shape index (κ3) is 2.98. The maximum absolute atomic E-state index is 5.77. The van der Waals surface area contributed by atoms with Gasteiger partial charge in [0.25, 0.3) is 0 Å². The van der Waals surface area contributed by atoms with E-state index in [1.807, 2.05) is 36.4 Å². The van der Waals surface area contributed by atoms with Gasteiger partial charge in [-0.3, -0.25) is 0 Å². The Hall–Kier alpha value is -2.80. The van der Waals surface area contributed by atoms with Gasteiger partial charge in [-0.2, -0.15) is 4.98 Å². The van der Waals surface area contributed by atoms with Crippen LogP contribution < -0.4 is 4.90 Å². The Balaban J connectivity index is 1.57. The number of benzene rings is 1. The molecule has 24 heavy (non-hydrogen) atoms. The molecule has 7 heteroatoms. The summed E-state index contributed by atoms with van der Waals surface area (Å²) in [5.41, 5.74) is 0.998. The average Bonchev–Trinajstić information content (AvgIpc) is 3.09. The Labute approximate surface area is 139 Å². The third-order valence-electron chi connectivity index (χ3n) is 3.89. The van der Waals surface area contributed by atoms with Crippen molar-refractivity contribution in [2.24, 2.45) is 0 Å². The number of anilines is 1. The summed E-state index contributed by atoms with van der Waals surface area (Å²) >= 11 is 0. The lowest BCUT2D eigenvalue weighted by Gasteiger charge is -2.32. The van der Waals surface area contributed by atoms with Gasteiger partial charge in [-0.05, 0) is 6.07 Å². The van der Waals surface area contributed by atoms with E-state index in [-0.39, 0.29) is 6.10 Å². The first kappa shape index (κ1) is 14.8. The number of morpholine rings is 1. The van der Waals surface area contributed by atoms with Crippen LogP contribution in [-0.2, 0) is 4.74 Å². The first-order valence-corrected chi connectivity index (χ1v) is 7.85. The quantitative estimate of drug-likeness (QED) is 0.732. The molecule has 3 aromatic rings. The molecule has 122 valence electrons. The molecule has 0 saturated carbocycles. The van der Waals surface area contributed by atoms with Gasteiger partial charge < -0.3 is 14.2 Å². The molecule has 0 bridgehead atoms. The molecule has 1 aliphatic rings. The van der Waals surface area contributed by atoms with E-state index < -0.39 is 0 Å². The van der Waals surface area contributed by atoms with Crippen molar-refractivity contribution in [3.05, 3.63) is 54.3 Å². The van der Waals surface area contributed by atoms with Gasteiger partial charge >= 0.3 is 0 Å². The Morgan fingerprint density at radius 3 is 2.79 bits per heavy atom. The summed E-state index contributed by atoms with van der Waals surface area (Å²) in [7, 11) is 0. The van der Waals surface area contributed by atoms with E-state index in [1.54, 1.807) is 13.1 Å². The van der Waals surface area contributed by atoms with Crippen LogP contribution in [0.5, 0.6) is 0 Å². The van der Waals surface area contributed by atoms with Gasteiger partial charge in [-0.25, -0.2) is 9.97 Å². The topological polar surface area (TPSA) is 77.2 Å². The highest BCUT2D eigenvalue weighted by Gasteiger charge is 2.26. The predicted octanol–water partition coefficient (Wildman–Crippen LogP) is 2.41. The zero-order valence-corrected chi connectivity index (χ0v) is 13.3. The Kier molecular flexibility index (Phi) is 3.92. The Morgan fingerprint density at radius 1 is 1.12 bits per heavy atom. The Morgan fingerprint density at radius 2 is 2.00 bits per heavy atom. The van der Waals surface area contributed by atoms with Crippen molar-refractivity contribution in [3.63, 3.8) is 0 Å². The summed E-state index contributed by atoms with van der Waals surface area (Å²) < 4.78 is 10.8. The van der Waals surface area contributed by atoms with Crippen LogP contribution in [0.25, 0.3) is 11.4 Å². The smallest absolute Gasteiger partial charge is 0.223 e. The number of nitrogens with zero attached hydrogens (tertiary/aromatic N) is 5. The van der Waals surface area contributed by atoms with E-state index in [0.717, 1.165) is 17.9 Å². The van der Waals surface area contributed by atoms with Crippen LogP contribution in [0.3, 0.4) is 0 Å². The van der Waals surface area contributed by atoms with Gasteiger partial charge in [0.2, 0.25) is 11.7 Å². The maximum atomic E-state index is 5.77. The average molecular weight is 323 g/mol. The highest BCUT2D eigenvalue weighted by Crippen LogP contribution is 2.24. The highest BCUT2D eigenvalue weighted by atomic mass is 16.5. The summed E-state index contributed by atoms with van der Waals surface area (Å²) in [4.78, 5) is 15.5. The van der Waals surface area contributed by atoms with E-state index in [4.69, 9.17) is 14.2 Å². The molecule has 0 spiro atoms. The van der Waals surface area contributed by atoms with E-state index in [1.165, 1.54) is 0 Å². The SMILES string of the molecule is Cc1nc([C@@H]2CN(c3ccnc(-c4ccccc4)n3)CCO2)no1. The second-order valence-corrected chi connectivity index (χ2v) is 5.58. The van der Waals surface area contributed by atoms with Crippen molar-refractivity contribution in [2.75, 3.05) is 24.6 Å². The number of aryl methyl sites for hydroxylation is 1. The minimum absolute atomic E-state index is 0.216. The molecule has 7 nitrogen and oxygen atoms in total. The molecule has 1 aromatic carbocycles. The van der Waals surface area contributed by atoms with Gasteiger partial charge in [0.15, 0.2) is 5.82 Å². The maximum Gasteiger partial charge on any atom is 0.223 e. The van der Waals surface area contributed by atoms with Crippen LogP contribution in [0.1, 0.15) is 17.8 Å². The standard InChI is InChI=1S/C17H17N5O2/c1-12-19-17(21-24-12)14-11-22(9-10-23-14)15-7-8-18-16(20-15)13-5-3-2-4-6-13/h2-8,14H,9-11H2,1H3/t14-/m0/s1. The van der Waals surface area contributed by atoms with Gasteiger partial charge in [-0.1, -0.05) is 35.5 Å². The molecule has 1 fully saturated rings. The molecule has 3 heterocycles. The summed E-state index contributed by atoms with van der Waals surface area (Å²) in [6.07, 6.45) is 1.57. The number of hydrogen-bond acceptors (Lipinski definition) is 7. The number of hydrogen-bond donors (Lipinski definition) is 0. The second kappa shape index (κ2) is 6.37. The van der Waals surface area contributed by atoms with Crippen LogP contribution in [0.4, 0.5) is 5.82 Å². The van der Waals surface area contributed by atoms with Gasteiger partial charge in [0, 0.05) is 25.2 Å². The third-order valence-corrected chi connectivity index (χ3v) is 3.89. The zero-order chi connectivity index (χ0) is 16.4. The van der Waals surface area contributed by atoms with E-state index in [0.29, 0.717) is 30.7 Å². The summed E-state index contributed by atoms with van der Waals surface area (Å²) in [5, 5.41) is 3.96. The van der Waals surface area contributed by atoms with Crippen molar-refractivity contribution in [3.8, 4) is 11.4 Å². The van der Waals surface area contributed by atoms with Gasteiger partial charge in [0.1, 0.15) is 11.9 Å². The number of rotatable bonds is 3. The largest absolute Gasteiger partial charge is 0.366 e. The van der Waals surface area contributed by atoms with Gasteiger partial charge in [-0.15, -0.1) is 0 Å². The molecule has 0 radical (unpaired) electrons. The molecular weight excluding hydrogens is 306 g/mol. The molecule has 0 N–H and O–H groups in total. The second-order valence-electron chi connectivity index (χ2n) is 5.58. The summed E-state index contributed by atoms with van der Waals surface area (Å²) in [6.45, 7) is 3.75. The number of aromatic nitrogens is 4. The van der Waals surface area contributed by atoms with Crippen molar-refractivity contribution in [1.82, 2.24) is 20.1 Å². The molecule has 2 aromatic heterocycles. The predicted molar refractivity (Wildman–Crippen MR) is 87.4 cm³/mol. The van der Waals surface area contributed by atoms with E-state index in [2.05, 4.69) is 20.0 Å². The fraction of sp³-hybridized carbons (Fsp3) is 0.294.